The Morgan fingerprint density at radius 2 is 1.83 bits per heavy atom. The fraction of sp³-hybridized carbons (Fsp3) is 0.286. The summed E-state index contributed by atoms with van der Waals surface area (Å²) in [6, 6.07) is 10.9. The summed E-state index contributed by atoms with van der Waals surface area (Å²) in [5.74, 6) is 1.43. The van der Waals surface area contributed by atoms with Gasteiger partial charge in [0.15, 0.2) is 11.5 Å². The van der Waals surface area contributed by atoms with E-state index in [1.807, 2.05) is 11.5 Å². The van der Waals surface area contributed by atoms with Crippen LogP contribution in [0.4, 0.5) is 4.39 Å². The predicted molar refractivity (Wildman–Crippen MR) is 109 cm³/mol. The van der Waals surface area contributed by atoms with Crippen molar-refractivity contribution >= 4 is 10.0 Å². The van der Waals surface area contributed by atoms with Gasteiger partial charge < -0.3 is 14.0 Å². The lowest BCUT2D eigenvalue weighted by Crippen LogP contribution is -2.27. The molecule has 1 aliphatic rings. The minimum absolute atomic E-state index is 0.123. The van der Waals surface area contributed by atoms with Crippen molar-refractivity contribution in [1.82, 2.24) is 14.3 Å². The highest BCUT2D eigenvalue weighted by atomic mass is 32.2. The van der Waals surface area contributed by atoms with Crippen molar-refractivity contribution in [3.63, 3.8) is 0 Å². The normalized spacial score (nSPS) is 13.4. The van der Waals surface area contributed by atoms with Crippen LogP contribution in [0.5, 0.6) is 11.5 Å². The minimum atomic E-state index is -3.70. The average Bonchev–Trinajstić information content (AvgIpc) is 3.08. The monoisotopic (exact) mass is 431 g/mol. The van der Waals surface area contributed by atoms with E-state index in [9.17, 15) is 12.8 Å². The molecule has 0 fully saturated rings. The molecule has 158 valence electrons. The lowest BCUT2D eigenvalue weighted by atomic mass is 10.2. The maximum atomic E-state index is 13.1. The largest absolute Gasteiger partial charge is 0.486 e. The molecule has 0 unspecified atom stereocenters. The van der Waals surface area contributed by atoms with Crippen molar-refractivity contribution in [2.24, 2.45) is 0 Å². The van der Waals surface area contributed by atoms with Gasteiger partial charge in [0.1, 0.15) is 24.9 Å². The van der Waals surface area contributed by atoms with Gasteiger partial charge in [0, 0.05) is 37.5 Å². The Morgan fingerprint density at radius 1 is 1.10 bits per heavy atom. The third-order valence-corrected chi connectivity index (χ3v) is 6.32. The number of nitrogens with one attached hydrogen (secondary N) is 1. The van der Waals surface area contributed by atoms with Gasteiger partial charge in [-0.25, -0.2) is 22.5 Å². The first-order chi connectivity index (χ1) is 14.4. The molecule has 0 saturated heterocycles. The van der Waals surface area contributed by atoms with Gasteiger partial charge in [-0.05, 0) is 36.8 Å². The van der Waals surface area contributed by atoms with Crippen LogP contribution in [0, 0.1) is 12.7 Å². The number of halogens is 1. The lowest BCUT2D eigenvalue weighted by Gasteiger charge is -2.19. The molecule has 30 heavy (non-hydrogen) atoms. The molecule has 1 aliphatic heterocycles. The smallest absolute Gasteiger partial charge is 0.240 e. The van der Waals surface area contributed by atoms with E-state index in [0.29, 0.717) is 37.7 Å². The molecule has 2 heterocycles. The van der Waals surface area contributed by atoms with E-state index in [0.717, 1.165) is 17.1 Å². The SMILES string of the molecule is Cc1cnc(CCNS(=O)(=O)c2ccc3c(c2)OCCO3)n1Cc1ccc(F)cc1. The molecule has 0 radical (unpaired) electrons. The molecule has 4 rings (SSSR count). The van der Waals surface area contributed by atoms with Crippen LogP contribution in [0.3, 0.4) is 0 Å². The number of fused-ring (bicyclic) bond motifs is 1. The van der Waals surface area contributed by atoms with E-state index in [2.05, 4.69) is 9.71 Å². The number of hydrogen-bond acceptors (Lipinski definition) is 5. The van der Waals surface area contributed by atoms with Crippen LogP contribution in [-0.2, 0) is 23.0 Å². The number of nitrogens with zero attached hydrogens (tertiary/aromatic N) is 2. The summed E-state index contributed by atoms with van der Waals surface area (Å²) < 4.78 is 53.9. The number of benzene rings is 2. The molecule has 2 aromatic carbocycles. The molecule has 0 atom stereocenters. The molecule has 0 saturated carbocycles. The van der Waals surface area contributed by atoms with Crippen molar-refractivity contribution in [3.8, 4) is 11.5 Å². The molecule has 0 spiro atoms. The van der Waals surface area contributed by atoms with Crippen LogP contribution in [0.2, 0.25) is 0 Å². The van der Waals surface area contributed by atoms with Crippen LogP contribution < -0.4 is 14.2 Å². The Labute approximate surface area is 174 Å². The zero-order valence-corrected chi connectivity index (χ0v) is 17.3. The van der Waals surface area contributed by atoms with Gasteiger partial charge in [0.05, 0.1) is 4.90 Å². The fourth-order valence-electron chi connectivity index (χ4n) is 3.27. The maximum absolute atomic E-state index is 13.1. The minimum Gasteiger partial charge on any atom is -0.486 e. The number of ether oxygens (including phenoxy) is 2. The van der Waals surface area contributed by atoms with Gasteiger partial charge >= 0.3 is 0 Å². The van der Waals surface area contributed by atoms with Crippen LogP contribution in [0.25, 0.3) is 0 Å². The zero-order chi connectivity index (χ0) is 21.1. The second kappa shape index (κ2) is 8.45. The van der Waals surface area contributed by atoms with Crippen molar-refractivity contribution in [2.45, 2.75) is 24.8 Å². The standard InChI is InChI=1S/C21H22FN3O4S/c1-15-13-23-21(25(15)14-16-2-4-17(22)5-3-16)8-9-24-30(26,27)18-6-7-19-20(12-18)29-11-10-28-19/h2-7,12-13,24H,8-11,14H2,1H3. The predicted octanol–water partition coefficient (Wildman–Crippen LogP) is 2.67. The molecule has 0 aliphatic carbocycles. The second-order valence-electron chi connectivity index (χ2n) is 6.98. The summed E-state index contributed by atoms with van der Waals surface area (Å²) >= 11 is 0. The van der Waals surface area contributed by atoms with Crippen molar-refractivity contribution < 1.29 is 22.3 Å². The summed E-state index contributed by atoms with van der Waals surface area (Å²) in [5.41, 5.74) is 1.89. The van der Waals surface area contributed by atoms with Crippen molar-refractivity contribution in [1.29, 1.82) is 0 Å². The highest BCUT2D eigenvalue weighted by molar-refractivity contribution is 7.89. The molecule has 7 nitrogen and oxygen atoms in total. The number of aromatic nitrogens is 2. The number of rotatable bonds is 7. The average molecular weight is 431 g/mol. The number of sulfonamides is 1. The molecule has 0 amide bonds. The van der Waals surface area contributed by atoms with E-state index >= 15 is 0 Å². The fourth-order valence-corrected chi connectivity index (χ4v) is 4.32. The van der Waals surface area contributed by atoms with Gasteiger partial charge in [-0.2, -0.15) is 0 Å². The topological polar surface area (TPSA) is 82.5 Å². The third kappa shape index (κ3) is 4.47. The van der Waals surface area contributed by atoms with Gasteiger partial charge in [-0.1, -0.05) is 12.1 Å². The number of hydrogen-bond donors (Lipinski definition) is 1. The maximum Gasteiger partial charge on any atom is 0.240 e. The Hall–Kier alpha value is -2.91. The summed E-state index contributed by atoms with van der Waals surface area (Å²) in [4.78, 5) is 4.52. The first kappa shape index (κ1) is 20.4. The lowest BCUT2D eigenvalue weighted by molar-refractivity contribution is 0.171. The van der Waals surface area contributed by atoms with Crippen LogP contribution >= 0.6 is 0 Å². The Balaban J connectivity index is 1.42. The van der Waals surface area contributed by atoms with Gasteiger partial charge in [0.2, 0.25) is 10.0 Å². The van der Waals surface area contributed by atoms with E-state index in [-0.39, 0.29) is 17.3 Å². The summed E-state index contributed by atoms with van der Waals surface area (Å²) in [6.45, 7) is 3.49. The number of imidazole rings is 1. The summed E-state index contributed by atoms with van der Waals surface area (Å²) in [7, 11) is -3.70. The highest BCUT2D eigenvalue weighted by Crippen LogP contribution is 2.32. The first-order valence-corrected chi connectivity index (χ1v) is 11.1. The molecule has 1 aromatic heterocycles. The molecular weight excluding hydrogens is 409 g/mol. The third-order valence-electron chi connectivity index (χ3n) is 4.86. The van der Waals surface area contributed by atoms with Crippen molar-refractivity contribution in [2.75, 3.05) is 19.8 Å². The molecule has 3 aromatic rings. The van der Waals surface area contributed by atoms with Crippen LogP contribution in [0.15, 0.2) is 53.6 Å². The highest BCUT2D eigenvalue weighted by Gasteiger charge is 2.19. The van der Waals surface area contributed by atoms with Crippen LogP contribution in [-0.4, -0.2) is 37.7 Å². The van der Waals surface area contributed by atoms with Gasteiger partial charge in [-0.15, -0.1) is 0 Å². The second-order valence-corrected chi connectivity index (χ2v) is 8.75. The quantitative estimate of drug-likeness (QED) is 0.622. The van der Waals surface area contributed by atoms with E-state index < -0.39 is 10.0 Å². The summed E-state index contributed by atoms with van der Waals surface area (Å²) in [6.07, 6.45) is 2.16. The molecule has 0 bridgehead atoms. The summed E-state index contributed by atoms with van der Waals surface area (Å²) in [5, 5.41) is 0. The van der Waals surface area contributed by atoms with Crippen LogP contribution in [0.1, 0.15) is 17.1 Å². The van der Waals surface area contributed by atoms with E-state index in [1.54, 1.807) is 24.4 Å². The molecule has 1 N–H and O–H groups in total. The zero-order valence-electron chi connectivity index (χ0n) is 16.5. The van der Waals surface area contributed by atoms with E-state index in [4.69, 9.17) is 9.47 Å². The van der Waals surface area contributed by atoms with E-state index in [1.165, 1.54) is 24.3 Å². The van der Waals surface area contributed by atoms with Gasteiger partial charge in [-0.3, -0.25) is 0 Å². The molecule has 9 heteroatoms. The Kier molecular flexibility index (Phi) is 5.74. The Bertz CT molecular complexity index is 1140. The first-order valence-electron chi connectivity index (χ1n) is 9.57. The van der Waals surface area contributed by atoms with Crippen molar-refractivity contribution in [3.05, 3.63) is 71.6 Å². The van der Waals surface area contributed by atoms with Gasteiger partial charge in [0.25, 0.3) is 0 Å². The number of aryl methyl sites for hydroxylation is 1. The molecular formula is C21H22FN3O4S. The Morgan fingerprint density at radius 3 is 2.60 bits per heavy atom.